The minimum atomic E-state index is 0.331. The fourth-order valence-electron chi connectivity index (χ4n) is 3.17. The monoisotopic (exact) mass is 198 g/mol. The molecule has 1 heterocycles. The van der Waals surface area contributed by atoms with E-state index in [1.807, 2.05) is 0 Å². The summed E-state index contributed by atoms with van der Waals surface area (Å²) in [5.74, 6) is 1.37. The first-order valence-electron chi connectivity index (χ1n) is 5.72. The lowest BCUT2D eigenvalue weighted by Crippen LogP contribution is -2.44. The Hall–Kier alpha value is -0.0800. The van der Waals surface area contributed by atoms with Crippen LogP contribution in [0.4, 0.5) is 0 Å². The summed E-state index contributed by atoms with van der Waals surface area (Å²) in [6.07, 6.45) is 0. The molecule has 1 saturated heterocycles. The molecule has 14 heavy (non-hydrogen) atoms. The molecule has 1 aliphatic heterocycles. The Morgan fingerprint density at radius 3 is 2.00 bits per heavy atom. The van der Waals surface area contributed by atoms with E-state index in [-0.39, 0.29) is 0 Å². The zero-order valence-electron chi connectivity index (χ0n) is 10.5. The second-order valence-electron chi connectivity index (χ2n) is 5.98. The van der Waals surface area contributed by atoms with Gasteiger partial charge in [-0.2, -0.15) is 0 Å². The molecule has 0 aromatic rings. The zero-order valence-corrected chi connectivity index (χ0v) is 10.5. The second kappa shape index (κ2) is 3.82. The van der Waals surface area contributed by atoms with Crippen molar-refractivity contribution in [3.63, 3.8) is 0 Å². The standard InChI is InChI=1S/C12H26N2/c1-8-9(2)14(6)11(10(8)7-13)12(3,4)5/h8-11H,7,13H2,1-6H3/t8-,9+,10-,11?/m1/s1. The van der Waals surface area contributed by atoms with E-state index in [0.29, 0.717) is 29.3 Å². The highest BCUT2D eigenvalue weighted by atomic mass is 15.2. The number of hydrogen-bond donors (Lipinski definition) is 1. The Balaban J connectivity index is 2.92. The molecule has 2 N–H and O–H groups in total. The maximum atomic E-state index is 5.91. The molecule has 0 radical (unpaired) electrons. The predicted molar refractivity (Wildman–Crippen MR) is 62.2 cm³/mol. The number of nitrogens with zero attached hydrogens (tertiary/aromatic N) is 1. The summed E-state index contributed by atoms with van der Waals surface area (Å²) >= 11 is 0. The molecule has 1 unspecified atom stereocenters. The normalized spacial score (nSPS) is 40.5. The van der Waals surface area contributed by atoms with E-state index in [4.69, 9.17) is 5.73 Å². The minimum absolute atomic E-state index is 0.331. The van der Waals surface area contributed by atoms with Crippen molar-refractivity contribution in [2.45, 2.75) is 46.7 Å². The molecule has 0 bridgehead atoms. The Bertz CT molecular complexity index is 195. The number of rotatable bonds is 1. The highest BCUT2D eigenvalue weighted by molar-refractivity contribution is 5.00. The van der Waals surface area contributed by atoms with Crippen molar-refractivity contribution in [2.75, 3.05) is 13.6 Å². The smallest absolute Gasteiger partial charge is 0.0187 e. The topological polar surface area (TPSA) is 29.3 Å². The molecule has 0 aromatic heterocycles. The summed E-state index contributed by atoms with van der Waals surface area (Å²) in [7, 11) is 2.24. The number of hydrogen-bond acceptors (Lipinski definition) is 2. The lowest BCUT2D eigenvalue weighted by Gasteiger charge is -2.37. The lowest BCUT2D eigenvalue weighted by molar-refractivity contribution is 0.119. The van der Waals surface area contributed by atoms with Gasteiger partial charge in [0.2, 0.25) is 0 Å². The molecule has 0 amide bonds. The van der Waals surface area contributed by atoms with Crippen molar-refractivity contribution in [1.82, 2.24) is 4.90 Å². The molecule has 84 valence electrons. The van der Waals surface area contributed by atoms with Gasteiger partial charge in [0.15, 0.2) is 0 Å². The summed E-state index contributed by atoms with van der Waals surface area (Å²) in [6, 6.07) is 1.28. The van der Waals surface area contributed by atoms with Crippen LogP contribution in [-0.2, 0) is 0 Å². The van der Waals surface area contributed by atoms with Gasteiger partial charge in [0.1, 0.15) is 0 Å². The van der Waals surface area contributed by atoms with Crippen LogP contribution >= 0.6 is 0 Å². The van der Waals surface area contributed by atoms with Crippen LogP contribution in [0.2, 0.25) is 0 Å². The Morgan fingerprint density at radius 2 is 1.71 bits per heavy atom. The average Bonchev–Trinajstić information content (AvgIpc) is 2.28. The Kier molecular flexibility index (Phi) is 3.27. The van der Waals surface area contributed by atoms with Crippen LogP contribution in [0, 0.1) is 17.3 Å². The summed E-state index contributed by atoms with van der Waals surface area (Å²) in [5, 5.41) is 0. The lowest BCUT2D eigenvalue weighted by atomic mass is 9.76. The van der Waals surface area contributed by atoms with Crippen LogP contribution in [0.15, 0.2) is 0 Å². The quantitative estimate of drug-likeness (QED) is 0.698. The highest BCUT2D eigenvalue weighted by Gasteiger charge is 2.46. The van der Waals surface area contributed by atoms with Gasteiger partial charge in [-0.3, -0.25) is 4.90 Å². The molecule has 1 rings (SSSR count). The van der Waals surface area contributed by atoms with E-state index in [2.05, 4.69) is 46.6 Å². The van der Waals surface area contributed by atoms with Crippen LogP contribution in [0.3, 0.4) is 0 Å². The SMILES string of the molecule is C[C@H]1[C@@H](CN)C(C(C)(C)C)N(C)[C@H]1C. The van der Waals surface area contributed by atoms with E-state index in [1.54, 1.807) is 0 Å². The van der Waals surface area contributed by atoms with E-state index in [0.717, 1.165) is 6.54 Å². The molecule has 2 nitrogen and oxygen atoms in total. The molecule has 0 aromatic carbocycles. The van der Waals surface area contributed by atoms with Gasteiger partial charge in [0.05, 0.1) is 0 Å². The molecule has 0 saturated carbocycles. The van der Waals surface area contributed by atoms with Crippen molar-refractivity contribution in [3.05, 3.63) is 0 Å². The van der Waals surface area contributed by atoms with Crippen molar-refractivity contribution >= 4 is 0 Å². The molecule has 4 atom stereocenters. The van der Waals surface area contributed by atoms with Crippen LogP contribution < -0.4 is 5.73 Å². The van der Waals surface area contributed by atoms with E-state index < -0.39 is 0 Å². The molecule has 0 aliphatic carbocycles. The van der Waals surface area contributed by atoms with Crippen LogP contribution in [0.5, 0.6) is 0 Å². The molecule has 1 fully saturated rings. The first-order valence-corrected chi connectivity index (χ1v) is 5.72. The maximum absolute atomic E-state index is 5.91. The molecule has 2 heteroatoms. The van der Waals surface area contributed by atoms with Gasteiger partial charge >= 0.3 is 0 Å². The number of nitrogens with two attached hydrogens (primary N) is 1. The highest BCUT2D eigenvalue weighted by Crippen LogP contribution is 2.41. The first-order chi connectivity index (χ1) is 6.30. The Morgan fingerprint density at radius 1 is 1.21 bits per heavy atom. The van der Waals surface area contributed by atoms with Gasteiger partial charge in [-0.15, -0.1) is 0 Å². The molecular weight excluding hydrogens is 172 g/mol. The van der Waals surface area contributed by atoms with Gasteiger partial charge in [0.25, 0.3) is 0 Å². The van der Waals surface area contributed by atoms with Crippen LogP contribution in [-0.4, -0.2) is 30.6 Å². The molecule has 1 aliphatic rings. The number of likely N-dealkylation sites (tertiary alicyclic amines) is 1. The summed E-state index contributed by atoms with van der Waals surface area (Å²) in [4.78, 5) is 2.52. The third-order valence-corrected chi connectivity index (χ3v) is 4.08. The van der Waals surface area contributed by atoms with Crippen LogP contribution in [0.25, 0.3) is 0 Å². The van der Waals surface area contributed by atoms with Crippen molar-refractivity contribution in [3.8, 4) is 0 Å². The maximum Gasteiger partial charge on any atom is 0.0187 e. The van der Waals surface area contributed by atoms with Gasteiger partial charge in [-0.25, -0.2) is 0 Å². The third-order valence-electron chi connectivity index (χ3n) is 4.08. The second-order valence-corrected chi connectivity index (χ2v) is 5.98. The van der Waals surface area contributed by atoms with Gasteiger partial charge in [0, 0.05) is 12.1 Å². The van der Waals surface area contributed by atoms with Crippen molar-refractivity contribution in [2.24, 2.45) is 23.0 Å². The molecular formula is C12H26N2. The fourth-order valence-corrected chi connectivity index (χ4v) is 3.17. The Labute approximate surface area is 88.8 Å². The average molecular weight is 198 g/mol. The summed E-state index contributed by atoms with van der Waals surface area (Å²) in [6.45, 7) is 12.4. The molecule has 0 spiro atoms. The largest absolute Gasteiger partial charge is 0.330 e. The van der Waals surface area contributed by atoms with E-state index >= 15 is 0 Å². The summed E-state index contributed by atoms with van der Waals surface area (Å²) < 4.78 is 0. The van der Waals surface area contributed by atoms with Crippen LogP contribution in [0.1, 0.15) is 34.6 Å². The minimum Gasteiger partial charge on any atom is -0.330 e. The zero-order chi connectivity index (χ0) is 11.1. The van der Waals surface area contributed by atoms with Gasteiger partial charge in [-0.05, 0) is 37.8 Å². The van der Waals surface area contributed by atoms with Crippen molar-refractivity contribution in [1.29, 1.82) is 0 Å². The van der Waals surface area contributed by atoms with Gasteiger partial charge in [-0.1, -0.05) is 27.7 Å². The van der Waals surface area contributed by atoms with E-state index in [1.165, 1.54) is 0 Å². The fraction of sp³-hybridized carbons (Fsp3) is 1.00. The van der Waals surface area contributed by atoms with Gasteiger partial charge < -0.3 is 5.73 Å². The predicted octanol–water partition coefficient (Wildman–Crippen LogP) is 1.95. The third kappa shape index (κ3) is 1.82. The summed E-state index contributed by atoms with van der Waals surface area (Å²) in [5.41, 5.74) is 6.24. The first kappa shape index (κ1) is 12.0. The van der Waals surface area contributed by atoms with Crippen molar-refractivity contribution < 1.29 is 0 Å². The van der Waals surface area contributed by atoms with E-state index in [9.17, 15) is 0 Å².